The maximum Gasteiger partial charge on any atom is 0.416 e. The molecule has 0 atom stereocenters. The highest BCUT2D eigenvalue weighted by Crippen LogP contribution is 2.33. The number of amides is 1. The van der Waals surface area contributed by atoms with E-state index in [2.05, 4.69) is 9.88 Å². The summed E-state index contributed by atoms with van der Waals surface area (Å²) in [6, 6.07) is 3.69. The molecule has 25 heavy (non-hydrogen) atoms. The first-order chi connectivity index (χ1) is 11.7. The zero-order valence-corrected chi connectivity index (χ0v) is 15.0. The van der Waals surface area contributed by atoms with Crippen molar-refractivity contribution < 1.29 is 18.0 Å². The first-order valence-corrected chi connectivity index (χ1v) is 9.03. The van der Waals surface area contributed by atoms with Crippen LogP contribution < -0.4 is 0 Å². The van der Waals surface area contributed by atoms with E-state index < -0.39 is 11.7 Å². The van der Waals surface area contributed by atoms with E-state index in [4.69, 9.17) is 0 Å². The molecule has 4 nitrogen and oxygen atoms in total. The van der Waals surface area contributed by atoms with Gasteiger partial charge in [-0.3, -0.25) is 9.69 Å². The number of carbonyl (C=O) groups is 1. The summed E-state index contributed by atoms with van der Waals surface area (Å²) in [6.07, 6.45) is -4.35. The standard InChI is InChI=1S/C17H20F3N3OS/c1-11(2)16(24)23-7-5-22(6-8-23)10-15-21-13-9-12(17(18,19)20)3-4-14(13)25-15/h3-4,9,11H,5-8,10H2,1-2H3. The fourth-order valence-corrected chi connectivity index (χ4v) is 3.89. The van der Waals surface area contributed by atoms with E-state index >= 15 is 0 Å². The molecule has 0 N–H and O–H groups in total. The van der Waals surface area contributed by atoms with Crippen molar-refractivity contribution in [1.82, 2.24) is 14.8 Å². The largest absolute Gasteiger partial charge is 0.416 e. The average Bonchev–Trinajstić information content (AvgIpc) is 2.95. The summed E-state index contributed by atoms with van der Waals surface area (Å²) in [7, 11) is 0. The quantitative estimate of drug-likeness (QED) is 0.827. The zero-order chi connectivity index (χ0) is 18.2. The summed E-state index contributed by atoms with van der Waals surface area (Å²) < 4.78 is 39.1. The Morgan fingerprint density at radius 1 is 1.24 bits per heavy atom. The third-order valence-corrected chi connectivity index (χ3v) is 5.32. The first kappa shape index (κ1) is 18.1. The van der Waals surface area contributed by atoms with Crippen LogP contribution in [-0.2, 0) is 17.5 Å². The van der Waals surface area contributed by atoms with Crippen LogP contribution in [0.3, 0.4) is 0 Å². The van der Waals surface area contributed by atoms with Crippen LogP contribution in [0.2, 0.25) is 0 Å². The monoisotopic (exact) mass is 371 g/mol. The van der Waals surface area contributed by atoms with Crippen LogP contribution in [0.25, 0.3) is 10.2 Å². The van der Waals surface area contributed by atoms with Crippen LogP contribution in [0.15, 0.2) is 18.2 Å². The van der Waals surface area contributed by atoms with Crippen LogP contribution in [0, 0.1) is 5.92 Å². The Morgan fingerprint density at radius 3 is 2.52 bits per heavy atom. The van der Waals surface area contributed by atoms with E-state index in [0.29, 0.717) is 25.2 Å². The Balaban J connectivity index is 1.65. The third kappa shape index (κ3) is 4.12. The number of hydrogen-bond acceptors (Lipinski definition) is 4. The number of thiazole rings is 1. The lowest BCUT2D eigenvalue weighted by atomic mass is 10.1. The van der Waals surface area contributed by atoms with Crippen molar-refractivity contribution in [1.29, 1.82) is 0 Å². The predicted molar refractivity (Wildman–Crippen MR) is 91.3 cm³/mol. The van der Waals surface area contributed by atoms with E-state index in [-0.39, 0.29) is 11.8 Å². The topological polar surface area (TPSA) is 36.4 Å². The Bertz CT molecular complexity index is 764. The first-order valence-electron chi connectivity index (χ1n) is 8.22. The summed E-state index contributed by atoms with van der Waals surface area (Å²) in [5.74, 6) is 0.165. The summed E-state index contributed by atoms with van der Waals surface area (Å²) in [5, 5.41) is 0.804. The molecule has 1 aliphatic rings. The SMILES string of the molecule is CC(C)C(=O)N1CCN(Cc2nc3cc(C(F)(F)F)ccc3s2)CC1. The minimum atomic E-state index is -4.35. The molecule has 0 aliphatic carbocycles. The molecule has 136 valence electrons. The Hall–Kier alpha value is -1.67. The molecule has 1 amide bonds. The minimum absolute atomic E-state index is 0.00126. The maximum atomic E-state index is 12.8. The number of benzene rings is 1. The van der Waals surface area contributed by atoms with Gasteiger partial charge in [0.05, 0.1) is 22.3 Å². The molecule has 1 saturated heterocycles. The highest BCUT2D eigenvalue weighted by Gasteiger charge is 2.31. The van der Waals surface area contributed by atoms with E-state index in [1.165, 1.54) is 17.4 Å². The van der Waals surface area contributed by atoms with Gasteiger partial charge in [-0.05, 0) is 18.2 Å². The van der Waals surface area contributed by atoms with Gasteiger partial charge < -0.3 is 4.90 Å². The lowest BCUT2D eigenvalue weighted by Crippen LogP contribution is -2.49. The molecule has 0 bridgehead atoms. The molecule has 2 aromatic rings. The Morgan fingerprint density at radius 2 is 1.92 bits per heavy atom. The normalized spacial score (nSPS) is 16.8. The van der Waals surface area contributed by atoms with Gasteiger partial charge in [0.25, 0.3) is 0 Å². The number of piperazine rings is 1. The van der Waals surface area contributed by atoms with Gasteiger partial charge in [-0.1, -0.05) is 13.8 Å². The van der Waals surface area contributed by atoms with E-state index in [1.807, 2.05) is 18.7 Å². The average molecular weight is 371 g/mol. The number of halogens is 3. The van der Waals surface area contributed by atoms with Gasteiger partial charge in [0.15, 0.2) is 0 Å². The number of nitrogens with zero attached hydrogens (tertiary/aromatic N) is 3. The van der Waals surface area contributed by atoms with Crippen LogP contribution in [0.5, 0.6) is 0 Å². The number of hydrogen-bond donors (Lipinski definition) is 0. The van der Waals surface area contributed by atoms with Crippen molar-refractivity contribution in [3.8, 4) is 0 Å². The molecule has 0 radical (unpaired) electrons. The van der Waals surface area contributed by atoms with E-state index in [1.54, 1.807) is 0 Å². The zero-order valence-electron chi connectivity index (χ0n) is 14.1. The van der Waals surface area contributed by atoms with Crippen LogP contribution in [0.4, 0.5) is 13.2 Å². The second kappa shape index (κ2) is 6.92. The van der Waals surface area contributed by atoms with Gasteiger partial charge in [-0.15, -0.1) is 11.3 Å². The van der Waals surface area contributed by atoms with Gasteiger partial charge in [-0.25, -0.2) is 4.98 Å². The molecule has 1 aromatic carbocycles. The Kier molecular flexibility index (Phi) is 5.02. The highest BCUT2D eigenvalue weighted by atomic mass is 32.1. The van der Waals surface area contributed by atoms with Crippen molar-refractivity contribution in [2.45, 2.75) is 26.6 Å². The van der Waals surface area contributed by atoms with Crippen LogP contribution in [0.1, 0.15) is 24.4 Å². The van der Waals surface area contributed by atoms with Crippen LogP contribution >= 0.6 is 11.3 Å². The van der Waals surface area contributed by atoms with E-state index in [9.17, 15) is 18.0 Å². The van der Waals surface area contributed by atoms with Crippen molar-refractivity contribution in [3.05, 3.63) is 28.8 Å². The third-order valence-electron chi connectivity index (χ3n) is 4.30. The maximum absolute atomic E-state index is 12.8. The van der Waals surface area contributed by atoms with Gasteiger partial charge in [0, 0.05) is 32.1 Å². The molecule has 1 fully saturated rings. The van der Waals surface area contributed by atoms with Crippen LogP contribution in [-0.4, -0.2) is 46.9 Å². The lowest BCUT2D eigenvalue weighted by molar-refractivity contribution is -0.137. The second-order valence-electron chi connectivity index (χ2n) is 6.54. The molecule has 8 heteroatoms. The molecule has 0 unspecified atom stereocenters. The fraction of sp³-hybridized carbons (Fsp3) is 0.529. The number of aromatic nitrogens is 1. The lowest BCUT2D eigenvalue weighted by Gasteiger charge is -2.35. The summed E-state index contributed by atoms with van der Waals surface area (Å²) in [5.41, 5.74) is -0.277. The van der Waals surface area contributed by atoms with E-state index in [0.717, 1.165) is 34.9 Å². The van der Waals surface area contributed by atoms with Gasteiger partial charge >= 0.3 is 6.18 Å². The molecule has 0 spiro atoms. The van der Waals surface area contributed by atoms with Gasteiger partial charge in [0.2, 0.25) is 5.91 Å². The summed E-state index contributed by atoms with van der Waals surface area (Å²) >= 11 is 1.42. The Labute approximate surface area is 148 Å². The number of rotatable bonds is 3. The highest BCUT2D eigenvalue weighted by molar-refractivity contribution is 7.18. The minimum Gasteiger partial charge on any atom is -0.340 e. The molecule has 1 aliphatic heterocycles. The molecular weight excluding hydrogens is 351 g/mol. The fourth-order valence-electron chi connectivity index (χ4n) is 2.90. The van der Waals surface area contributed by atoms with Crippen molar-refractivity contribution in [2.24, 2.45) is 5.92 Å². The smallest absolute Gasteiger partial charge is 0.340 e. The summed E-state index contributed by atoms with van der Waals surface area (Å²) in [6.45, 7) is 7.26. The number of fused-ring (bicyclic) bond motifs is 1. The van der Waals surface area contributed by atoms with Crippen molar-refractivity contribution in [3.63, 3.8) is 0 Å². The molecule has 1 aromatic heterocycles. The molecular formula is C17H20F3N3OS. The number of carbonyl (C=O) groups excluding carboxylic acids is 1. The molecule has 0 saturated carbocycles. The van der Waals surface area contributed by atoms with Crippen molar-refractivity contribution >= 4 is 27.5 Å². The van der Waals surface area contributed by atoms with Gasteiger partial charge in [0.1, 0.15) is 5.01 Å². The van der Waals surface area contributed by atoms with Crippen molar-refractivity contribution in [2.75, 3.05) is 26.2 Å². The summed E-state index contributed by atoms with van der Waals surface area (Å²) in [4.78, 5) is 20.4. The number of alkyl halides is 3. The second-order valence-corrected chi connectivity index (χ2v) is 7.66. The molecule has 3 rings (SSSR count). The predicted octanol–water partition coefficient (Wildman–Crippen LogP) is 3.62. The van der Waals surface area contributed by atoms with Gasteiger partial charge in [-0.2, -0.15) is 13.2 Å². The molecule has 2 heterocycles.